The smallest absolute Gasteiger partial charge is 0.255 e. The van der Waals surface area contributed by atoms with E-state index < -0.39 is 0 Å². The second-order valence-electron chi connectivity index (χ2n) is 9.37. The maximum Gasteiger partial charge on any atom is 0.255 e. The lowest BCUT2D eigenvalue weighted by Crippen LogP contribution is -2.44. The Hall–Kier alpha value is -3.88. The van der Waals surface area contributed by atoms with Crippen LogP contribution in [0.4, 0.5) is 16.0 Å². The van der Waals surface area contributed by atoms with Gasteiger partial charge in [0.2, 0.25) is 5.95 Å². The van der Waals surface area contributed by atoms with Crippen molar-refractivity contribution in [2.45, 2.75) is 13.5 Å². The molecule has 7 nitrogen and oxygen atoms in total. The fourth-order valence-electron chi connectivity index (χ4n) is 4.49. The molecule has 36 heavy (non-hydrogen) atoms. The van der Waals surface area contributed by atoms with Gasteiger partial charge in [0, 0.05) is 61.1 Å². The van der Waals surface area contributed by atoms with Crippen LogP contribution in [0.15, 0.2) is 60.8 Å². The Balaban J connectivity index is 1.32. The van der Waals surface area contributed by atoms with E-state index in [1.165, 1.54) is 6.07 Å². The Kier molecular flexibility index (Phi) is 6.63. The van der Waals surface area contributed by atoms with Crippen molar-refractivity contribution in [3.63, 3.8) is 0 Å². The minimum Gasteiger partial charge on any atom is -0.368 e. The molecule has 5 rings (SSSR count). The van der Waals surface area contributed by atoms with Gasteiger partial charge in [-0.1, -0.05) is 18.2 Å². The van der Waals surface area contributed by atoms with Crippen molar-refractivity contribution in [1.82, 2.24) is 19.8 Å². The molecule has 0 spiro atoms. The van der Waals surface area contributed by atoms with E-state index in [0.29, 0.717) is 17.8 Å². The second kappa shape index (κ2) is 10.0. The summed E-state index contributed by atoms with van der Waals surface area (Å²) in [5, 5.41) is 3.79. The van der Waals surface area contributed by atoms with Gasteiger partial charge in [0.05, 0.1) is 5.52 Å². The number of aryl methyl sites for hydroxylation is 1. The maximum atomic E-state index is 14.8. The Morgan fingerprint density at radius 2 is 1.86 bits per heavy atom. The van der Waals surface area contributed by atoms with Crippen molar-refractivity contribution in [3.05, 3.63) is 83.3 Å². The molecule has 1 saturated heterocycles. The van der Waals surface area contributed by atoms with Crippen LogP contribution in [0.5, 0.6) is 0 Å². The molecule has 0 radical (unpaired) electrons. The number of nitrogens with one attached hydrogen (secondary N) is 1. The SMILES string of the molecule is Cc1ccc(NC(=O)c2ccc(CN3CCN(C)CC3)c(F)c2)cc1-c1ccc2nc(N)ncc2c1. The lowest BCUT2D eigenvalue weighted by Gasteiger charge is -2.32. The Labute approximate surface area is 209 Å². The van der Waals surface area contributed by atoms with E-state index in [-0.39, 0.29) is 23.2 Å². The first-order valence-electron chi connectivity index (χ1n) is 12.0. The molecule has 1 fully saturated rings. The van der Waals surface area contributed by atoms with Gasteiger partial charge in [0.1, 0.15) is 5.82 Å². The third kappa shape index (κ3) is 5.19. The van der Waals surface area contributed by atoms with Crippen LogP contribution in [0, 0.1) is 12.7 Å². The zero-order valence-corrected chi connectivity index (χ0v) is 20.5. The number of piperazine rings is 1. The van der Waals surface area contributed by atoms with E-state index in [9.17, 15) is 9.18 Å². The number of likely N-dealkylation sites (N-methyl/N-ethyl adjacent to an activating group) is 1. The van der Waals surface area contributed by atoms with Gasteiger partial charge in [-0.25, -0.2) is 14.4 Å². The van der Waals surface area contributed by atoms with Gasteiger partial charge in [0.25, 0.3) is 5.91 Å². The summed E-state index contributed by atoms with van der Waals surface area (Å²) in [6.45, 7) is 6.33. The highest BCUT2D eigenvalue weighted by molar-refractivity contribution is 6.04. The largest absolute Gasteiger partial charge is 0.368 e. The molecule has 2 heterocycles. The first-order chi connectivity index (χ1) is 17.4. The highest BCUT2D eigenvalue weighted by Gasteiger charge is 2.17. The number of hydrogen-bond acceptors (Lipinski definition) is 6. The summed E-state index contributed by atoms with van der Waals surface area (Å²) in [5.74, 6) is -0.470. The third-order valence-electron chi connectivity index (χ3n) is 6.71. The fraction of sp³-hybridized carbons (Fsp3) is 0.250. The number of aromatic nitrogens is 2. The number of fused-ring (bicyclic) bond motifs is 1. The van der Waals surface area contributed by atoms with Crippen LogP contribution < -0.4 is 11.1 Å². The topological polar surface area (TPSA) is 87.4 Å². The molecule has 0 aliphatic carbocycles. The second-order valence-corrected chi connectivity index (χ2v) is 9.37. The quantitative estimate of drug-likeness (QED) is 0.439. The summed E-state index contributed by atoms with van der Waals surface area (Å²) < 4.78 is 14.8. The highest BCUT2D eigenvalue weighted by Crippen LogP contribution is 2.29. The van der Waals surface area contributed by atoms with Crippen molar-refractivity contribution >= 4 is 28.4 Å². The summed E-state index contributed by atoms with van der Waals surface area (Å²) >= 11 is 0. The number of rotatable bonds is 5. The van der Waals surface area contributed by atoms with Crippen LogP contribution in [-0.2, 0) is 6.54 Å². The molecule has 1 aromatic heterocycles. The molecule has 3 N–H and O–H groups in total. The number of nitrogens with zero attached hydrogens (tertiary/aromatic N) is 4. The number of carbonyl (C=O) groups is 1. The molecule has 1 aliphatic heterocycles. The third-order valence-corrected chi connectivity index (χ3v) is 6.71. The summed E-state index contributed by atoms with van der Waals surface area (Å²) in [6, 6.07) is 16.3. The van der Waals surface area contributed by atoms with Crippen LogP contribution >= 0.6 is 0 Å². The van der Waals surface area contributed by atoms with Crippen LogP contribution in [0.25, 0.3) is 22.0 Å². The van der Waals surface area contributed by atoms with Gasteiger partial charge in [-0.15, -0.1) is 0 Å². The van der Waals surface area contributed by atoms with Gasteiger partial charge in [-0.05, 0) is 67.1 Å². The van der Waals surface area contributed by atoms with Gasteiger partial charge in [-0.3, -0.25) is 9.69 Å². The van der Waals surface area contributed by atoms with Crippen LogP contribution in [0.3, 0.4) is 0 Å². The van der Waals surface area contributed by atoms with E-state index in [0.717, 1.165) is 53.8 Å². The highest BCUT2D eigenvalue weighted by atomic mass is 19.1. The average Bonchev–Trinajstić information content (AvgIpc) is 2.87. The van der Waals surface area contributed by atoms with E-state index in [1.54, 1.807) is 18.3 Å². The number of amides is 1. The molecule has 0 unspecified atom stereocenters. The summed E-state index contributed by atoms with van der Waals surface area (Å²) in [7, 11) is 2.09. The van der Waals surface area contributed by atoms with Gasteiger partial charge in [-0.2, -0.15) is 0 Å². The first-order valence-corrected chi connectivity index (χ1v) is 12.0. The molecule has 0 atom stereocenters. The average molecular weight is 485 g/mol. The Morgan fingerprint density at radius 1 is 1.06 bits per heavy atom. The van der Waals surface area contributed by atoms with E-state index in [4.69, 9.17) is 5.73 Å². The molecule has 3 aromatic carbocycles. The van der Waals surface area contributed by atoms with Gasteiger partial charge in [0.15, 0.2) is 0 Å². The lowest BCUT2D eigenvalue weighted by molar-refractivity contribution is 0.102. The molecule has 0 saturated carbocycles. The summed E-state index contributed by atoms with van der Waals surface area (Å²) in [4.78, 5) is 25.7. The molecule has 1 amide bonds. The van der Waals surface area contributed by atoms with Gasteiger partial charge >= 0.3 is 0 Å². The molecule has 8 heteroatoms. The number of nitrogen functional groups attached to an aromatic ring is 1. The van der Waals surface area contributed by atoms with Crippen LogP contribution in [0.2, 0.25) is 0 Å². The fourth-order valence-corrected chi connectivity index (χ4v) is 4.49. The van der Waals surface area contributed by atoms with Crippen molar-refractivity contribution < 1.29 is 9.18 Å². The molecule has 184 valence electrons. The minimum absolute atomic E-state index is 0.236. The van der Waals surface area contributed by atoms with Crippen LogP contribution in [-0.4, -0.2) is 58.9 Å². The number of anilines is 2. The maximum absolute atomic E-state index is 14.8. The van der Waals surface area contributed by atoms with Crippen molar-refractivity contribution in [1.29, 1.82) is 0 Å². The predicted molar refractivity (Wildman–Crippen MR) is 141 cm³/mol. The van der Waals surface area contributed by atoms with Crippen molar-refractivity contribution in [3.8, 4) is 11.1 Å². The first kappa shape index (κ1) is 23.8. The molecule has 1 aliphatic rings. The normalized spacial score (nSPS) is 14.8. The predicted octanol–water partition coefficient (Wildman–Crippen LogP) is 4.33. The van der Waals surface area contributed by atoms with E-state index in [1.807, 2.05) is 43.3 Å². The van der Waals surface area contributed by atoms with E-state index in [2.05, 4.69) is 32.1 Å². The van der Waals surface area contributed by atoms with Crippen molar-refractivity contribution in [2.75, 3.05) is 44.3 Å². The van der Waals surface area contributed by atoms with Crippen LogP contribution in [0.1, 0.15) is 21.5 Å². The Bertz CT molecular complexity index is 1430. The molecular weight excluding hydrogens is 455 g/mol. The van der Waals surface area contributed by atoms with E-state index >= 15 is 0 Å². The number of hydrogen-bond donors (Lipinski definition) is 2. The Morgan fingerprint density at radius 3 is 2.64 bits per heavy atom. The zero-order valence-electron chi connectivity index (χ0n) is 20.5. The zero-order chi connectivity index (χ0) is 25.2. The number of benzene rings is 3. The minimum atomic E-state index is -0.356. The summed E-state index contributed by atoms with van der Waals surface area (Å²) in [5.41, 5.74) is 11.0. The molecule has 4 aromatic rings. The molecular formula is C28H29FN6O. The standard InChI is InChI=1S/C28H29FN6O/c1-18-3-7-23(15-24(18)19-6-8-26-22(13-19)16-31-28(30)33-26)32-27(36)20-4-5-21(25(29)14-20)17-35-11-9-34(2)10-12-35/h3-8,13-16H,9-12,17H2,1-2H3,(H,32,36)(H2,30,31,33). The lowest BCUT2D eigenvalue weighted by atomic mass is 9.98. The number of halogens is 1. The number of nitrogens with two attached hydrogens (primary N) is 1. The summed E-state index contributed by atoms with van der Waals surface area (Å²) in [6.07, 6.45) is 1.70. The number of carbonyl (C=O) groups excluding carboxylic acids is 1. The van der Waals surface area contributed by atoms with Crippen molar-refractivity contribution in [2.24, 2.45) is 0 Å². The van der Waals surface area contributed by atoms with Gasteiger partial charge < -0.3 is 16.0 Å². The molecule has 0 bridgehead atoms. The monoisotopic (exact) mass is 484 g/mol.